The third-order valence-electron chi connectivity index (χ3n) is 4.32. The van der Waals surface area contributed by atoms with Gasteiger partial charge in [0, 0.05) is 21.4 Å². The van der Waals surface area contributed by atoms with Gasteiger partial charge in [0.05, 0.1) is 5.02 Å². The van der Waals surface area contributed by atoms with Crippen molar-refractivity contribution in [1.29, 1.82) is 0 Å². The first-order valence-electron chi connectivity index (χ1n) is 7.79. The van der Waals surface area contributed by atoms with Gasteiger partial charge in [-0.25, -0.2) is 4.79 Å². The summed E-state index contributed by atoms with van der Waals surface area (Å²) in [6.45, 7) is 0. The highest BCUT2D eigenvalue weighted by Gasteiger charge is 2.51. The highest BCUT2D eigenvalue weighted by molar-refractivity contribution is 7.14. The maximum absolute atomic E-state index is 11.9. The molecule has 26 heavy (non-hydrogen) atoms. The zero-order valence-electron chi connectivity index (χ0n) is 13.3. The zero-order valence-corrected chi connectivity index (χ0v) is 14.9. The number of carbonyl (C=O) groups is 1. The molecule has 3 aromatic rings. The average Bonchev–Trinajstić information content (AvgIpc) is 3.20. The second kappa shape index (κ2) is 6.20. The number of esters is 1. The van der Waals surface area contributed by atoms with Crippen molar-refractivity contribution < 1.29 is 19.7 Å². The van der Waals surface area contributed by atoms with E-state index in [4.69, 9.17) is 16.3 Å². The predicted molar refractivity (Wildman–Crippen MR) is 100 cm³/mol. The number of cyclic esters (lactones) is 1. The van der Waals surface area contributed by atoms with Crippen LogP contribution < -0.4 is 0 Å². The van der Waals surface area contributed by atoms with Crippen molar-refractivity contribution in [3.8, 4) is 10.4 Å². The van der Waals surface area contributed by atoms with E-state index in [1.807, 2.05) is 29.6 Å². The molecule has 0 bridgehead atoms. The van der Waals surface area contributed by atoms with Gasteiger partial charge >= 0.3 is 5.97 Å². The van der Waals surface area contributed by atoms with Crippen molar-refractivity contribution in [3.63, 3.8) is 0 Å². The van der Waals surface area contributed by atoms with Crippen LogP contribution in [0.3, 0.4) is 0 Å². The van der Waals surface area contributed by atoms with Gasteiger partial charge in [0.15, 0.2) is 5.76 Å². The molecule has 130 valence electrons. The number of hydrogen-bond acceptors (Lipinski definition) is 5. The quantitative estimate of drug-likeness (QED) is 0.609. The van der Waals surface area contributed by atoms with Crippen LogP contribution in [0, 0.1) is 0 Å². The van der Waals surface area contributed by atoms with E-state index in [-0.39, 0.29) is 0 Å². The summed E-state index contributed by atoms with van der Waals surface area (Å²) in [5, 5.41) is 23.0. The molecular formula is C20H13ClO4S. The van der Waals surface area contributed by atoms with Crippen LogP contribution in [0.25, 0.3) is 10.4 Å². The Balaban J connectivity index is 1.85. The number of carbonyl (C=O) groups excluding carboxylic acids is 1. The molecule has 4 rings (SSSR count). The van der Waals surface area contributed by atoms with Crippen molar-refractivity contribution >= 4 is 28.9 Å². The number of aliphatic hydroxyl groups is 2. The number of ether oxygens (including phenoxy) is 1. The fourth-order valence-electron chi connectivity index (χ4n) is 3.06. The first-order chi connectivity index (χ1) is 12.5. The standard InChI is InChI=1S/C20H13ClO4S/c21-15-10-16(26-11-15)12-6-8-14(9-7-12)20(13-4-2-1-3-5-13)18(23)17(22)19(24)25-20/h1-11,22-23H. The summed E-state index contributed by atoms with van der Waals surface area (Å²) in [7, 11) is 0. The molecule has 0 saturated carbocycles. The number of halogens is 1. The van der Waals surface area contributed by atoms with Crippen LogP contribution >= 0.6 is 22.9 Å². The van der Waals surface area contributed by atoms with Gasteiger partial charge in [-0.15, -0.1) is 11.3 Å². The van der Waals surface area contributed by atoms with E-state index in [0.717, 1.165) is 10.4 Å². The highest BCUT2D eigenvalue weighted by Crippen LogP contribution is 2.45. The summed E-state index contributed by atoms with van der Waals surface area (Å²) >= 11 is 7.51. The summed E-state index contributed by atoms with van der Waals surface area (Å²) in [5.74, 6) is -2.25. The first kappa shape index (κ1) is 16.7. The molecule has 0 spiro atoms. The topological polar surface area (TPSA) is 66.8 Å². The SMILES string of the molecule is O=C1OC(c2ccccc2)(c2ccc(-c3cc(Cl)cs3)cc2)C(O)=C1O. The van der Waals surface area contributed by atoms with E-state index in [1.54, 1.807) is 36.4 Å². The van der Waals surface area contributed by atoms with E-state index in [0.29, 0.717) is 16.1 Å². The van der Waals surface area contributed by atoms with Gasteiger partial charge in [-0.05, 0) is 11.6 Å². The Hall–Kier alpha value is -2.76. The average molecular weight is 385 g/mol. The number of hydrogen-bond donors (Lipinski definition) is 2. The fraction of sp³-hybridized carbons (Fsp3) is 0.0500. The minimum atomic E-state index is -1.56. The molecule has 2 aromatic carbocycles. The molecule has 1 atom stereocenters. The largest absolute Gasteiger partial charge is 0.504 e. The number of rotatable bonds is 3. The van der Waals surface area contributed by atoms with Crippen molar-refractivity contribution in [2.75, 3.05) is 0 Å². The monoisotopic (exact) mass is 384 g/mol. The number of thiophene rings is 1. The zero-order chi connectivity index (χ0) is 18.3. The van der Waals surface area contributed by atoms with Crippen molar-refractivity contribution in [3.05, 3.63) is 93.7 Å². The van der Waals surface area contributed by atoms with Gasteiger partial charge < -0.3 is 14.9 Å². The summed E-state index contributed by atoms with van der Waals surface area (Å²) in [6, 6.07) is 17.9. The van der Waals surface area contributed by atoms with Gasteiger partial charge in [0.25, 0.3) is 0 Å². The molecular weight excluding hydrogens is 372 g/mol. The molecule has 0 aliphatic carbocycles. The Kier molecular flexibility index (Phi) is 3.98. The molecule has 2 N–H and O–H groups in total. The van der Waals surface area contributed by atoms with Crippen LogP contribution in [0.1, 0.15) is 11.1 Å². The molecule has 0 fully saturated rings. The molecule has 1 unspecified atom stereocenters. The lowest BCUT2D eigenvalue weighted by Gasteiger charge is -2.29. The normalized spacial score (nSPS) is 19.7. The fourth-order valence-corrected chi connectivity index (χ4v) is 4.15. The molecule has 1 aliphatic heterocycles. The lowest BCUT2D eigenvalue weighted by molar-refractivity contribution is -0.147. The molecule has 1 aliphatic rings. The Morgan fingerprint density at radius 3 is 2.15 bits per heavy atom. The lowest BCUT2D eigenvalue weighted by atomic mass is 9.84. The molecule has 4 nitrogen and oxygen atoms in total. The van der Waals surface area contributed by atoms with Crippen LogP contribution in [0.5, 0.6) is 0 Å². The molecule has 1 aromatic heterocycles. The molecule has 0 saturated heterocycles. The number of benzene rings is 2. The summed E-state index contributed by atoms with van der Waals surface area (Å²) < 4.78 is 5.46. The smallest absolute Gasteiger partial charge is 0.378 e. The van der Waals surface area contributed by atoms with Crippen LogP contribution in [-0.4, -0.2) is 16.2 Å². The Bertz CT molecular complexity index is 1010. The van der Waals surface area contributed by atoms with Gasteiger partial charge in [0.1, 0.15) is 0 Å². The maximum atomic E-state index is 11.9. The van der Waals surface area contributed by atoms with Crippen LogP contribution in [0.2, 0.25) is 5.02 Å². The van der Waals surface area contributed by atoms with Gasteiger partial charge in [0.2, 0.25) is 11.4 Å². The van der Waals surface area contributed by atoms with Gasteiger partial charge in [-0.2, -0.15) is 0 Å². The third kappa shape index (κ3) is 2.48. The molecule has 0 amide bonds. The van der Waals surface area contributed by atoms with Gasteiger partial charge in [-0.1, -0.05) is 66.2 Å². The second-order valence-electron chi connectivity index (χ2n) is 5.84. The van der Waals surface area contributed by atoms with E-state index >= 15 is 0 Å². The predicted octanol–water partition coefficient (Wildman–Crippen LogP) is 5.20. The molecule has 6 heteroatoms. The van der Waals surface area contributed by atoms with E-state index in [9.17, 15) is 15.0 Å². The Morgan fingerprint density at radius 2 is 1.62 bits per heavy atom. The minimum Gasteiger partial charge on any atom is -0.504 e. The van der Waals surface area contributed by atoms with Crippen molar-refractivity contribution in [2.24, 2.45) is 0 Å². The minimum absolute atomic E-state index is 0.513. The number of aliphatic hydroxyl groups excluding tert-OH is 2. The van der Waals surface area contributed by atoms with Crippen LogP contribution in [0.15, 0.2) is 77.6 Å². The third-order valence-corrected chi connectivity index (χ3v) is 5.65. The second-order valence-corrected chi connectivity index (χ2v) is 7.19. The summed E-state index contributed by atoms with van der Waals surface area (Å²) in [4.78, 5) is 12.9. The summed E-state index contributed by atoms with van der Waals surface area (Å²) in [5.41, 5.74) is 0.464. The van der Waals surface area contributed by atoms with Crippen molar-refractivity contribution in [2.45, 2.75) is 5.60 Å². The molecule has 2 heterocycles. The van der Waals surface area contributed by atoms with E-state index < -0.39 is 23.1 Å². The lowest BCUT2D eigenvalue weighted by Crippen LogP contribution is -2.30. The Labute approximate surface area is 158 Å². The van der Waals surface area contributed by atoms with Crippen LogP contribution in [-0.2, 0) is 15.1 Å². The molecule has 0 radical (unpaired) electrons. The first-order valence-corrected chi connectivity index (χ1v) is 9.04. The maximum Gasteiger partial charge on any atom is 0.378 e. The Morgan fingerprint density at radius 1 is 0.962 bits per heavy atom. The van der Waals surface area contributed by atoms with E-state index in [1.165, 1.54) is 11.3 Å². The summed E-state index contributed by atoms with van der Waals surface area (Å²) in [6.07, 6.45) is 0. The van der Waals surface area contributed by atoms with Crippen LogP contribution in [0.4, 0.5) is 0 Å². The highest BCUT2D eigenvalue weighted by atomic mass is 35.5. The van der Waals surface area contributed by atoms with Gasteiger partial charge in [-0.3, -0.25) is 0 Å². The van der Waals surface area contributed by atoms with E-state index in [2.05, 4.69) is 0 Å². The van der Waals surface area contributed by atoms with Crippen molar-refractivity contribution in [1.82, 2.24) is 0 Å².